The zero-order valence-electron chi connectivity index (χ0n) is 8.96. The maximum absolute atomic E-state index is 11.8. The highest BCUT2D eigenvalue weighted by molar-refractivity contribution is 5.94. The summed E-state index contributed by atoms with van der Waals surface area (Å²) in [5, 5.41) is 2.79. The predicted octanol–water partition coefficient (Wildman–Crippen LogP) is 1.30. The molecule has 1 aliphatic rings. The van der Waals surface area contributed by atoms with Crippen molar-refractivity contribution < 1.29 is 9.21 Å². The zero-order valence-corrected chi connectivity index (χ0v) is 8.96. The molecule has 3 heterocycles. The summed E-state index contributed by atoms with van der Waals surface area (Å²) >= 11 is 0. The lowest BCUT2D eigenvalue weighted by Gasteiger charge is -2.28. The van der Waals surface area contributed by atoms with Gasteiger partial charge in [-0.2, -0.15) is 0 Å². The number of anilines is 1. The van der Waals surface area contributed by atoms with Crippen molar-refractivity contribution >= 4 is 11.7 Å². The second-order valence-corrected chi connectivity index (χ2v) is 3.72. The molecule has 1 N–H and O–H groups in total. The lowest BCUT2D eigenvalue weighted by molar-refractivity contribution is 0.243. The van der Waals surface area contributed by atoms with E-state index >= 15 is 0 Å². The molecule has 0 radical (unpaired) electrons. The number of aromatic nitrogens is 2. The molecule has 0 fully saturated rings. The summed E-state index contributed by atoms with van der Waals surface area (Å²) in [5.74, 6) is 0.643. The van der Waals surface area contributed by atoms with Crippen LogP contribution in [0.5, 0.6) is 0 Å². The maximum atomic E-state index is 11.8. The van der Waals surface area contributed by atoms with Gasteiger partial charge in [-0.1, -0.05) is 0 Å². The van der Waals surface area contributed by atoms with Gasteiger partial charge in [-0.25, -0.2) is 9.78 Å². The van der Waals surface area contributed by atoms with Crippen molar-refractivity contribution in [2.45, 2.75) is 13.1 Å². The molecule has 0 unspecified atom stereocenters. The number of carbonyl (C=O) groups excluding carboxylic acids is 1. The standard InChI is InChI=1S/C11H10N4O2/c16-11-14-4-8-3-12-2-1-10(8)15(11)6-9-5-13-7-17-9/h1-3,5,7H,4,6H2,(H,14,16). The molecule has 2 aromatic rings. The Morgan fingerprint density at radius 3 is 3.18 bits per heavy atom. The van der Waals surface area contributed by atoms with E-state index in [4.69, 9.17) is 4.42 Å². The molecule has 0 saturated heterocycles. The van der Waals surface area contributed by atoms with Crippen LogP contribution in [0.2, 0.25) is 0 Å². The molecule has 86 valence electrons. The third-order valence-corrected chi connectivity index (χ3v) is 2.64. The molecule has 0 spiro atoms. The van der Waals surface area contributed by atoms with Crippen LogP contribution in [0.4, 0.5) is 10.5 Å². The van der Waals surface area contributed by atoms with Gasteiger partial charge in [-0.3, -0.25) is 9.88 Å². The molecule has 3 rings (SSSR count). The number of carbonyl (C=O) groups is 1. The Morgan fingerprint density at radius 2 is 2.35 bits per heavy atom. The average Bonchev–Trinajstić information content (AvgIpc) is 2.86. The highest BCUT2D eigenvalue weighted by atomic mass is 16.3. The van der Waals surface area contributed by atoms with Crippen molar-refractivity contribution in [1.82, 2.24) is 15.3 Å². The van der Waals surface area contributed by atoms with Gasteiger partial charge in [0.25, 0.3) is 0 Å². The van der Waals surface area contributed by atoms with Crippen molar-refractivity contribution in [3.8, 4) is 0 Å². The molecule has 2 amide bonds. The van der Waals surface area contributed by atoms with Gasteiger partial charge >= 0.3 is 6.03 Å². The SMILES string of the molecule is O=C1NCc2cnccc2N1Cc1cnco1. The number of urea groups is 1. The van der Waals surface area contributed by atoms with E-state index in [0.717, 1.165) is 11.3 Å². The van der Waals surface area contributed by atoms with Crippen LogP contribution in [0.15, 0.2) is 35.5 Å². The Labute approximate surface area is 97.3 Å². The van der Waals surface area contributed by atoms with Crippen LogP contribution in [0.1, 0.15) is 11.3 Å². The van der Waals surface area contributed by atoms with Gasteiger partial charge in [0, 0.05) is 24.5 Å². The molecule has 2 aromatic heterocycles. The van der Waals surface area contributed by atoms with Crippen molar-refractivity contribution in [2.75, 3.05) is 4.90 Å². The molecule has 0 bridgehead atoms. The predicted molar refractivity (Wildman–Crippen MR) is 59.2 cm³/mol. The van der Waals surface area contributed by atoms with Crippen LogP contribution >= 0.6 is 0 Å². The van der Waals surface area contributed by atoms with Crippen LogP contribution in [0.3, 0.4) is 0 Å². The smallest absolute Gasteiger partial charge is 0.322 e. The third kappa shape index (κ3) is 1.73. The summed E-state index contributed by atoms with van der Waals surface area (Å²) in [4.78, 5) is 21.3. The van der Waals surface area contributed by atoms with E-state index in [9.17, 15) is 4.79 Å². The zero-order chi connectivity index (χ0) is 11.7. The summed E-state index contributed by atoms with van der Waals surface area (Å²) in [7, 11) is 0. The lowest BCUT2D eigenvalue weighted by Crippen LogP contribution is -2.43. The number of nitrogens with one attached hydrogen (secondary N) is 1. The molecule has 17 heavy (non-hydrogen) atoms. The van der Waals surface area contributed by atoms with E-state index in [1.54, 1.807) is 23.5 Å². The second kappa shape index (κ2) is 3.89. The van der Waals surface area contributed by atoms with E-state index in [0.29, 0.717) is 18.8 Å². The van der Waals surface area contributed by atoms with Gasteiger partial charge in [-0.15, -0.1) is 0 Å². The average molecular weight is 230 g/mol. The van der Waals surface area contributed by atoms with Gasteiger partial charge in [0.1, 0.15) is 5.76 Å². The fourth-order valence-corrected chi connectivity index (χ4v) is 1.83. The molecule has 0 aromatic carbocycles. The van der Waals surface area contributed by atoms with Crippen molar-refractivity contribution in [1.29, 1.82) is 0 Å². The highest BCUT2D eigenvalue weighted by Gasteiger charge is 2.24. The molecule has 6 nitrogen and oxygen atoms in total. The molecule has 0 atom stereocenters. The topological polar surface area (TPSA) is 71.3 Å². The number of fused-ring (bicyclic) bond motifs is 1. The van der Waals surface area contributed by atoms with E-state index in [-0.39, 0.29) is 6.03 Å². The first kappa shape index (κ1) is 9.83. The number of oxazole rings is 1. The van der Waals surface area contributed by atoms with Crippen molar-refractivity contribution in [3.63, 3.8) is 0 Å². The molecular weight excluding hydrogens is 220 g/mol. The Hall–Kier alpha value is -2.37. The van der Waals surface area contributed by atoms with Crippen LogP contribution in [0.25, 0.3) is 0 Å². The Bertz CT molecular complexity index is 538. The van der Waals surface area contributed by atoms with Crippen molar-refractivity contribution in [3.05, 3.63) is 42.4 Å². The van der Waals surface area contributed by atoms with Crippen molar-refractivity contribution in [2.24, 2.45) is 0 Å². The number of nitrogens with zero attached hydrogens (tertiary/aromatic N) is 3. The van der Waals surface area contributed by atoms with E-state index in [1.165, 1.54) is 6.39 Å². The van der Waals surface area contributed by atoms with Gasteiger partial charge in [0.15, 0.2) is 6.39 Å². The van der Waals surface area contributed by atoms with E-state index < -0.39 is 0 Å². The quantitative estimate of drug-likeness (QED) is 0.844. The second-order valence-electron chi connectivity index (χ2n) is 3.72. The first-order chi connectivity index (χ1) is 8.34. The summed E-state index contributed by atoms with van der Waals surface area (Å²) in [6, 6.07) is 1.69. The Kier molecular flexibility index (Phi) is 2.25. The van der Waals surface area contributed by atoms with Gasteiger partial charge in [0.2, 0.25) is 0 Å². The highest BCUT2D eigenvalue weighted by Crippen LogP contribution is 2.24. The fourth-order valence-electron chi connectivity index (χ4n) is 1.83. The van der Waals surface area contributed by atoms with Crippen LogP contribution in [0, 0.1) is 0 Å². The first-order valence-electron chi connectivity index (χ1n) is 5.20. The molecular formula is C11H10N4O2. The minimum absolute atomic E-state index is 0.139. The maximum Gasteiger partial charge on any atom is 0.322 e. The monoisotopic (exact) mass is 230 g/mol. The Balaban J connectivity index is 1.95. The number of hydrogen-bond donors (Lipinski definition) is 1. The normalized spacial score (nSPS) is 14.4. The summed E-state index contributed by atoms with van der Waals surface area (Å²) in [5.41, 5.74) is 1.85. The van der Waals surface area contributed by atoms with Gasteiger partial charge in [-0.05, 0) is 6.07 Å². The molecule has 6 heteroatoms. The van der Waals surface area contributed by atoms with Crippen LogP contribution in [-0.2, 0) is 13.1 Å². The number of rotatable bonds is 2. The fraction of sp³-hybridized carbons (Fsp3) is 0.182. The molecule has 1 aliphatic heterocycles. The van der Waals surface area contributed by atoms with E-state index in [1.807, 2.05) is 6.07 Å². The number of hydrogen-bond acceptors (Lipinski definition) is 4. The molecule has 0 saturated carbocycles. The number of pyridine rings is 1. The summed E-state index contributed by atoms with van der Waals surface area (Å²) in [6.45, 7) is 0.873. The van der Waals surface area contributed by atoms with Gasteiger partial charge < -0.3 is 9.73 Å². The lowest BCUT2D eigenvalue weighted by atomic mass is 10.2. The van der Waals surface area contributed by atoms with Crippen LogP contribution in [-0.4, -0.2) is 16.0 Å². The van der Waals surface area contributed by atoms with Crippen LogP contribution < -0.4 is 10.2 Å². The largest absolute Gasteiger partial charge is 0.447 e. The molecule has 0 aliphatic carbocycles. The summed E-state index contributed by atoms with van der Waals surface area (Å²) in [6.07, 6.45) is 6.38. The summed E-state index contributed by atoms with van der Waals surface area (Å²) < 4.78 is 5.15. The minimum Gasteiger partial charge on any atom is -0.447 e. The number of amides is 2. The van der Waals surface area contributed by atoms with Gasteiger partial charge in [0.05, 0.1) is 18.4 Å². The van der Waals surface area contributed by atoms with E-state index in [2.05, 4.69) is 15.3 Å². The first-order valence-corrected chi connectivity index (χ1v) is 5.20. The Morgan fingerprint density at radius 1 is 1.41 bits per heavy atom. The third-order valence-electron chi connectivity index (χ3n) is 2.64. The minimum atomic E-state index is -0.139.